The van der Waals surface area contributed by atoms with Crippen molar-refractivity contribution in [3.05, 3.63) is 71.3 Å². The van der Waals surface area contributed by atoms with Crippen LogP contribution in [0.15, 0.2) is 54.6 Å². The van der Waals surface area contributed by atoms with Gasteiger partial charge in [-0.05, 0) is 29.2 Å². The SMILES string of the molecule is CCc1ccc(/C=C(/C#N)c2ccccc2)cc1. The molecule has 0 spiro atoms. The van der Waals surface area contributed by atoms with Crippen molar-refractivity contribution in [2.75, 3.05) is 0 Å². The first-order valence-electron chi connectivity index (χ1n) is 6.09. The molecule has 2 aromatic carbocycles. The van der Waals surface area contributed by atoms with E-state index in [0.29, 0.717) is 5.57 Å². The van der Waals surface area contributed by atoms with Crippen LogP contribution in [0.25, 0.3) is 11.6 Å². The smallest absolute Gasteiger partial charge is 0.0998 e. The van der Waals surface area contributed by atoms with Crippen LogP contribution in [0.3, 0.4) is 0 Å². The number of aryl methyl sites for hydroxylation is 1. The van der Waals surface area contributed by atoms with Crippen LogP contribution in [0.5, 0.6) is 0 Å². The van der Waals surface area contributed by atoms with Crippen LogP contribution >= 0.6 is 0 Å². The zero-order valence-corrected chi connectivity index (χ0v) is 10.4. The maximum absolute atomic E-state index is 9.22. The number of nitrogens with zero attached hydrogens (tertiary/aromatic N) is 1. The third-order valence-corrected chi connectivity index (χ3v) is 2.90. The van der Waals surface area contributed by atoms with Gasteiger partial charge in [-0.15, -0.1) is 0 Å². The summed E-state index contributed by atoms with van der Waals surface area (Å²) in [6.07, 6.45) is 2.96. The molecule has 0 unspecified atom stereocenters. The molecule has 0 aromatic heterocycles. The maximum Gasteiger partial charge on any atom is 0.0998 e. The molecule has 0 fully saturated rings. The van der Waals surface area contributed by atoms with Crippen LogP contribution in [0.2, 0.25) is 0 Å². The fourth-order valence-corrected chi connectivity index (χ4v) is 1.81. The lowest BCUT2D eigenvalue weighted by Gasteiger charge is -2.00. The molecule has 0 N–H and O–H groups in total. The quantitative estimate of drug-likeness (QED) is 0.572. The van der Waals surface area contributed by atoms with E-state index in [-0.39, 0.29) is 0 Å². The van der Waals surface area contributed by atoms with E-state index in [0.717, 1.165) is 17.5 Å². The molecule has 88 valence electrons. The van der Waals surface area contributed by atoms with E-state index < -0.39 is 0 Å². The molecule has 0 amide bonds. The summed E-state index contributed by atoms with van der Waals surface area (Å²) >= 11 is 0. The highest BCUT2D eigenvalue weighted by Crippen LogP contribution is 2.17. The summed E-state index contributed by atoms with van der Waals surface area (Å²) in [6.45, 7) is 2.13. The Kier molecular flexibility index (Phi) is 3.94. The first-order valence-corrected chi connectivity index (χ1v) is 6.09. The number of benzene rings is 2. The van der Waals surface area contributed by atoms with Crippen molar-refractivity contribution in [2.24, 2.45) is 0 Å². The molecule has 0 saturated heterocycles. The van der Waals surface area contributed by atoms with Crippen molar-refractivity contribution in [3.63, 3.8) is 0 Å². The molecule has 0 atom stereocenters. The van der Waals surface area contributed by atoms with Gasteiger partial charge in [0.25, 0.3) is 0 Å². The zero-order chi connectivity index (χ0) is 12.8. The topological polar surface area (TPSA) is 23.8 Å². The van der Waals surface area contributed by atoms with Crippen molar-refractivity contribution in [2.45, 2.75) is 13.3 Å². The van der Waals surface area contributed by atoms with Crippen LogP contribution in [0.4, 0.5) is 0 Å². The Morgan fingerprint density at radius 2 is 1.72 bits per heavy atom. The third-order valence-electron chi connectivity index (χ3n) is 2.90. The molecule has 0 bridgehead atoms. The predicted molar refractivity (Wildman–Crippen MR) is 75.7 cm³/mol. The van der Waals surface area contributed by atoms with E-state index in [1.54, 1.807) is 0 Å². The van der Waals surface area contributed by atoms with Crippen molar-refractivity contribution < 1.29 is 0 Å². The average Bonchev–Trinajstić information content (AvgIpc) is 2.46. The van der Waals surface area contributed by atoms with Crippen molar-refractivity contribution in [3.8, 4) is 6.07 Å². The Morgan fingerprint density at radius 3 is 2.28 bits per heavy atom. The Balaban J connectivity index is 2.33. The average molecular weight is 233 g/mol. The second kappa shape index (κ2) is 5.84. The molecule has 2 aromatic rings. The number of hydrogen-bond acceptors (Lipinski definition) is 1. The Hall–Kier alpha value is -2.33. The highest BCUT2D eigenvalue weighted by Gasteiger charge is 1.99. The van der Waals surface area contributed by atoms with Gasteiger partial charge >= 0.3 is 0 Å². The second-order valence-corrected chi connectivity index (χ2v) is 4.13. The third kappa shape index (κ3) is 2.87. The molecular weight excluding hydrogens is 218 g/mol. The molecule has 18 heavy (non-hydrogen) atoms. The molecule has 0 radical (unpaired) electrons. The van der Waals surface area contributed by atoms with Crippen LogP contribution < -0.4 is 0 Å². The fraction of sp³-hybridized carbons (Fsp3) is 0.118. The molecule has 0 saturated carbocycles. The highest BCUT2D eigenvalue weighted by molar-refractivity contribution is 5.89. The van der Waals surface area contributed by atoms with Gasteiger partial charge in [0.15, 0.2) is 0 Å². The van der Waals surface area contributed by atoms with E-state index >= 15 is 0 Å². The maximum atomic E-state index is 9.22. The molecule has 0 aliphatic heterocycles. The minimum atomic E-state index is 0.694. The molecule has 0 aliphatic carbocycles. The standard InChI is InChI=1S/C17H15N/c1-2-14-8-10-15(11-9-14)12-17(13-18)16-6-4-3-5-7-16/h3-12H,2H2,1H3/b17-12-. The molecule has 2 rings (SSSR count). The second-order valence-electron chi connectivity index (χ2n) is 4.13. The van der Waals surface area contributed by atoms with Gasteiger partial charge in [0.2, 0.25) is 0 Å². The number of allylic oxidation sites excluding steroid dienone is 1. The Bertz CT molecular complexity index is 571. The Morgan fingerprint density at radius 1 is 1.06 bits per heavy atom. The van der Waals surface area contributed by atoms with Gasteiger partial charge in [-0.2, -0.15) is 5.26 Å². The summed E-state index contributed by atoms with van der Waals surface area (Å²) in [5.74, 6) is 0. The number of hydrogen-bond donors (Lipinski definition) is 0. The lowest BCUT2D eigenvalue weighted by molar-refractivity contribution is 1.14. The van der Waals surface area contributed by atoms with Gasteiger partial charge in [-0.25, -0.2) is 0 Å². The van der Waals surface area contributed by atoms with Gasteiger partial charge in [0.05, 0.1) is 11.6 Å². The summed E-state index contributed by atoms with van der Waals surface area (Å²) in [5.41, 5.74) is 4.03. The monoisotopic (exact) mass is 233 g/mol. The molecule has 0 heterocycles. The first kappa shape index (κ1) is 12.1. The van der Waals surface area contributed by atoms with Crippen LogP contribution in [0.1, 0.15) is 23.6 Å². The van der Waals surface area contributed by atoms with Crippen molar-refractivity contribution in [1.82, 2.24) is 0 Å². The van der Waals surface area contributed by atoms with E-state index in [4.69, 9.17) is 0 Å². The van der Waals surface area contributed by atoms with E-state index in [1.165, 1.54) is 5.56 Å². The molecule has 0 aliphatic rings. The van der Waals surface area contributed by atoms with E-state index in [9.17, 15) is 5.26 Å². The zero-order valence-electron chi connectivity index (χ0n) is 10.4. The fourth-order valence-electron chi connectivity index (χ4n) is 1.81. The van der Waals surface area contributed by atoms with Crippen LogP contribution in [-0.4, -0.2) is 0 Å². The van der Waals surface area contributed by atoms with Gasteiger partial charge in [-0.1, -0.05) is 61.5 Å². The van der Waals surface area contributed by atoms with Gasteiger partial charge in [0, 0.05) is 0 Å². The van der Waals surface area contributed by atoms with Gasteiger partial charge < -0.3 is 0 Å². The minimum Gasteiger partial charge on any atom is -0.192 e. The predicted octanol–water partition coefficient (Wildman–Crippen LogP) is 4.31. The molecule has 1 nitrogen and oxygen atoms in total. The summed E-state index contributed by atoms with van der Waals surface area (Å²) < 4.78 is 0. The molecule has 1 heteroatoms. The molecular formula is C17H15N. The largest absolute Gasteiger partial charge is 0.192 e. The summed E-state index contributed by atoms with van der Waals surface area (Å²) in [6, 6.07) is 20.3. The van der Waals surface area contributed by atoms with Gasteiger partial charge in [0.1, 0.15) is 0 Å². The van der Waals surface area contributed by atoms with Crippen molar-refractivity contribution in [1.29, 1.82) is 5.26 Å². The lowest BCUT2D eigenvalue weighted by Crippen LogP contribution is -1.83. The van der Waals surface area contributed by atoms with Gasteiger partial charge in [-0.3, -0.25) is 0 Å². The highest BCUT2D eigenvalue weighted by atomic mass is 14.2. The first-order chi connectivity index (χ1) is 8.83. The Labute approximate surface area is 108 Å². The summed E-state index contributed by atoms with van der Waals surface area (Å²) in [4.78, 5) is 0. The van der Waals surface area contributed by atoms with E-state index in [1.807, 2.05) is 36.4 Å². The minimum absolute atomic E-state index is 0.694. The normalized spacial score (nSPS) is 11.0. The van der Waals surface area contributed by atoms with Crippen LogP contribution in [0, 0.1) is 11.3 Å². The van der Waals surface area contributed by atoms with E-state index in [2.05, 4.69) is 37.3 Å². The summed E-state index contributed by atoms with van der Waals surface area (Å²) in [5, 5.41) is 9.22. The number of nitriles is 1. The number of rotatable bonds is 3. The van der Waals surface area contributed by atoms with Crippen molar-refractivity contribution >= 4 is 11.6 Å². The lowest BCUT2D eigenvalue weighted by atomic mass is 10.0. The summed E-state index contributed by atoms with van der Waals surface area (Å²) in [7, 11) is 0. The van der Waals surface area contributed by atoms with Crippen LogP contribution in [-0.2, 0) is 6.42 Å².